The van der Waals surface area contributed by atoms with E-state index in [-0.39, 0.29) is 31.6 Å². The Morgan fingerprint density at radius 3 is 2.26 bits per heavy atom. The second-order valence-electron chi connectivity index (χ2n) is 18.9. The van der Waals surface area contributed by atoms with Gasteiger partial charge in [0.2, 0.25) is 0 Å². The molecule has 1 aliphatic carbocycles. The molecule has 0 unspecified atom stereocenters. The van der Waals surface area contributed by atoms with Crippen LogP contribution in [-0.2, 0) is 31.4 Å². The molecule has 1 radical (unpaired) electrons. The Morgan fingerprint density at radius 2 is 1.47 bits per heavy atom. The molecule has 1 N–H and O–H groups in total. The average molecular weight is 1110 g/mol. The number of furan rings is 1. The van der Waals surface area contributed by atoms with Crippen molar-refractivity contribution in [1.29, 1.82) is 0 Å². The number of hydrogen-bond donors (Lipinski definition) is 1. The van der Waals surface area contributed by atoms with Crippen molar-refractivity contribution in [2.24, 2.45) is 5.92 Å². The van der Waals surface area contributed by atoms with E-state index in [0.29, 0.717) is 11.3 Å². The molecule has 70 heavy (non-hydrogen) atoms. The van der Waals surface area contributed by atoms with E-state index in [4.69, 9.17) is 17.4 Å². The van der Waals surface area contributed by atoms with E-state index in [9.17, 15) is 4.79 Å². The van der Waals surface area contributed by atoms with Gasteiger partial charge in [0.1, 0.15) is 5.58 Å². The van der Waals surface area contributed by atoms with Crippen molar-refractivity contribution in [2.45, 2.75) is 58.1 Å². The van der Waals surface area contributed by atoms with Gasteiger partial charge in [-0.1, -0.05) is 172 Å². The summed E-state index contributed by atoms with van der Waals surface area (Å²) in [6.07, 6.45) is 5.61. The Hall–Kier alpha value is -7.00. The molecule has 3 aromatic heterocycles. The first-order valence-electron chi connectivity index (χ1n) is 24.7. The minimum absolute atomic E-state index is 0. The molecule has 0 bridgehead atoms. The molecule has 0 amide bonds. The van der Waals surface area contributed by atoms with Crippen LogP contribution in [0.3, 0.4) is 0 Å². The smallest absolute Gasteiger partial charge is 0.333 e. The van der Waals surface area contributed by atoms with Crippen molar-refractivity contribution in [1.82, 2.24) is 14.5 Å². The van der Waals surface area contributed by atoms with E-state index in [1.165, 1.54) is 40.3 Å². The SMILES string of the molecule is [2H]C([2H])(c1cc(-c2[c-]cc(C(=O)OO)cc2)ncc1[Si](C)(C)C)C1CCCCC1.[Ir].[c-]1cc2oc3ccccc3c2cc1-c1nc2c3ccc4ccccc4c3ccc2n1-c1cccc(-c2ccccc2)c1. The number of nitrogens with zero attached hydrogens (tertiary/aromatic N) is 3. The maximum atomic E-state index is 11.4. The molecule has 9 heteroatoms. The number of para-hydroxylation sites is 1. The molecule has 0 spiro atoms. The first-order chi connectivity index (χ1) is 34.5. The van der Waals surface area contributed by atoms with E-state index < -0.39 is 20.4 Å². The summed E-state index contributed by atoms with van der Waals surface area (Å²) in [7, 11) is -1.81. The van der Waals surface area contributed by atoms with Crippen LogP contribution in [0.15, 0.2) is 174 Å². The van der Waals surface area contributed by atoms with Crippen molar-refractivity contribution >= 4 is 73.7 Å². The molecule has 8 aromatic carbocycles. The summed E-state index contributed by atoms with van der Waals surface area (Å²) < 4.78 is 26.4. The van der Waals surface area contributed by atoms with E-state index in [0.717, 1.165) is 97.4 Å². The first kappa shape index (κ1) is 44.2. The molecular weight excluding hydrogens is 1060 g/mol. The van der Waals surface area contributed by atoms with E-state index >= 15 is 0 Å². The Bertz CT molecular complexity index is 3790. The van der Waals surface area contributed by atoms with Crippen LogP contribution in [0.5, 0.6) is 0 Å². The maximum Gasteiger partial charge on any atom is 0.333 e. The van der Waals surface area contributed by atoms with Crippen molar-refractivity contribution in [3.8, 4) is 39.5 Å². The van der Waals surface area contributed by atoms with E-state index in [1.54, 1.807) is 6.07 Å². The fourth-order valence-electron chi connectivity index (χ4n) is 9.88. The van der Waals surface area contributed by atoms with Gasteiger partial charge in [-0.2, -0.15) is 0 Å². The Morgan fingerprint density at radius 1 is 0.729 bits per heavy atom. The molecule has 0 aliphatic heterocycles. The maximum absolute atomic E-state index is 11.4. The molecule has 7 nitrogen and oxygen atoms in total. The zero-order chi connectivity index (χ0) is 48.9. The summed E-state index contributed by atoms with van der Waals surface area (Å²) in [6, 6.07) is 61.9. The van der Waals surface area contributed by atoms with Crippen LogP contribution in [0.25, 0.3) is 94.0 Å². The van der Waals surface area contributed by atoms with Gasteiger partial charge in [-0.05, 0) is 80.3 Å². The molecule has 1 fully saturated rings. The Kier molecular flexibility index (Phi) is 12.5. The van der Waals surface area contributed by atoms with Crippen LogP contribution < -0.4 is 5.19 Å². The van der Waals surface area contributed by atoms with Gasteiger partial charge < -0.3 is 18.9 Å². The monoisotopic (exact) mass is 1110 g/mol. The molecule has 0 saturated heterocycles. The normalized spacial score (nSPS) is 13.7. The topological polar surface area (TPSA) is 90.4 Å². The second kappa shape index (κ2) is 19.8. The number of pyridine rings is 1. The summed E-state index contributed by atoms with van der Waals surface area (Å²) in [5, 5.41) is 16.5. The van der Waals surface area contributed by atoms with Gasteiger partial charge in [0, 0.05) is 45.5 Å². The second-order valence-corrected chi connectivity index (χ2v) is 24.0. The summed E-state index contributed by atoms with van der Waals surface area (Å²) in [4.78, 5) is 25.1. The standard InChI is InChI=1S/C39H23N2O.C22H28NO3Si.Ir/c1-2-9-25(10-3-1)27-12-8-13-29(23-27)41-35-21-20-31-30-14-5-4-11-26(30)17-19-33(31)38(35)40-39(41)28-18-22-37-34(24-28)32-15-6-7-16-36(32)42-37;1-27(2,3)21-15-23-20(14-19(21)13-16-7-5-4-6-8-16)17-9-11-18(12-10-17)22(24)26-25;/h1-17,19-24H;9,11-12,14-16,25H,4-8,13H2,1-3H3;/q2*-1;/i;13D2;. The minimum Gasteiger partial charge on any atom is -0.500 e. The molecule has 3 heterocycles. The minimum atomic E-state index is -1.81. The zero-order valence-electron chi connectivity index (χ0n) is 41.1. The van der Waals surface area contributed by atoms with Crippen molar-refractivity contribution < 1.29 is 42.2 Å². The number of aromatic nitrogens is 3. The van der Waals surface area contributed by atoms with Crippen LogP contribution in [0.1, 0.15) is 50.8 Å². The number of benzene rings is 8. The third-order valence-electron chi connectivity index (χ3n) is 13.4. The Balaban J connectivity index is 0.000000176. The Labute approximate surface area is 424 Å². The number of rotatable bonds is 8. The fraction of sp³-hybridized carbons (Fsp3) is 0.164. The van der Waals surface area contributed by atoms with Crippen LogP contribution in [0.4, 0.5) is 0 Å². The molecule has 0 atom stereocenters. The van der Waals surface area contributed by atoms with Gasteiger partial charge in [0.15, 0.2) is 0 Å². The molecule has 11 aromatic rings. The third-order valence-corrected chi connectivity index (χ3v) is 15.4. The van der Waals surface area contributed by atoms with Crippen LogP contribution in [-0.4, -0.2) is 33.8 Å². The zero-order valence-corrected chi connectivity index (χ0v) is 42.5. The van der Waals surface area contributed by atoms with Gasteiger partial charge in [-0.3, -0.25) is 9.78 Å². The first-order valence-corrected chi connectivity index (χ1v) is 27.2. The van der Waals surface area contributed by atoms with Gasteiger partial charge >= 0.3 is 5.97 Å². The molecule has 12 rings (SSSR count). The van der Waals surface area contributed by atoms with Crippen LogP contribution in [0, 0.1) is 18.1 Å². The predicted molar refractivity (Wildman–Crippen MR) is 283 cm³/mol. The van der Waals surface area contributed by atoms with Gasteiger partial charge in [0.25, 0.3) is 0 Å². The molecule has 1 aliphatic rings. The largest absolute Gasteiger partial charge is 0.500 e. The van der Waals surface area contributed by atoms with Crippen LogP contribution in [0.2, 0.25) is 19.6 Å². The van der Waals surface area contributed by atoms with Gasteiger partial charge in [-0.25, -0.2) is 5.26 Å². The molecule has 1 saturated carbocycles. The number of fused-ring (bicyclic) bond motifs is 8. The number of hydrogen-bond acceptors (Lipinski definition) is 6. The number of carbonyl (C=O) groups excluding carboxylic acids is 1. The van der Waals surface area contributed by atoms with Gasteiger partial charge in [0.05, 0.1) is 30.5 Å². The average Bonchev–Trinajstić information content (AvgIpc) is 4.00. The fourth-order valence-corrected chi connectivity index (χ4v) is 11.3. The van der Waals surface area contributed by atoms with Crippen LogP contribution >= 0.6 is 0 Å². The van der Waals surface area contributed by atoms with E-state index in [1.807, 2.05) is 30.5 Å². The van der Waals surface area contributed by atoms with Crippen molar-refractivity contribution in [2.75, 3.05) is 0 Å². The third kappa shape index (κ3) is 9.14. The molecule has 349 valence electrons. The number of carbonyl (C=O) groups is 1. The van der Waals surface area contributed by atoms with Gasteiger partial charge in [-0.15, -0.1) is 53.6 Å². The summed E-state index contributed by atoms with van der Waals surface area (Å²) in [5.74, 6) is 0.0273. The summed E-state index contributed by atoms with van der Waals surface area (Å²) >= 11 is 0. The quantitative estimate of drug-likeness (QED) is 0.0536. The van der Waals surface area contributed by atoms with Crippen molar-refractivity contribution in [3.63, 3.8) is 0 Å². The molecular formula is C61H51IrN3O4Si-2. The predicted octanol–water partition coefficient (Wildman–Crippen LogP) is 15.2. The summed E-state index contributed by atoms with van der Waals surface area (Å²) in [5.41, 5.74) is 10.3. The van der Waals surface area contributed by atoms with E-state index in [2.05, 4.69) is 168 Å². The number of imidazole rings is 1. The summed E-state index contributed by atoms with van der Waals surface area (Å²) in [6.45, 7) is 6.64. The van der Waals surface area contributed by atoms with Crippen molar-refractivity contribution in [3.05, 3.63) is 193 Å².